The van der Waals surface area contributed by atoms with Crippen molar-refractivity contribution in [2.45, 2.75) is 6.92 Å². The Bertz CT molecular complexity index is 1380. The van der Waals surface area contributed by atoms with Crippen LogP contribution in [0.2, 0.25) is 5.02 Å². The third-order valence-electron chi connectivity index (χ3n) is 4.81. The van der Waals surface area contributed by atoms with Crippen LogP contribution < -0.4 is 9.47 Å². The molecule has 0 bridgehead atoms. The van der Waals surface area contributed by atoms with E-state index in [1.54, 1.807) is 43.3 Å². The second kappa shape index (κ2) is 10.2. The van der Waals surface area contributed by atoms with E-state index in [1.165, 1.54) is 36.4 Å². The Balaban J connectivity index is 1.58. The van der Waals surface area contributed by atoms with Crippen molar-refractivity contribution in [3.63, 3.8) is 0 Å². The van der Waals surface area contributed by atoms with Crippen LogP contribution in [-0.2, 0) is 9.53 Å². The zero-order chi connectivity index (χ0) is 24.9. The fraction of sp³-hybridized carbons (Fsp3) is 0.0800. The molecule has 0 N–H and O–H groups in total. The van der Waals surface area contributed by atoms with Gasteiger partial charge in [0.1, 0.15) is 0 Å². The van der Waals surface area contributed by atoms with Gasteiger partial charge in [-0.05, 0) is 55.0 Å². The molecule has 1 heterocycles. The van der Waals surface area contributed by atoms with Crippen LogP contribution in [-0.4, -0.2) is 29.4 Å². The number of non-ortho nitro benzene ring substituents is 1. The zero-order valence-corrected chi connectivity index (χ0v) is 19.0. The quantitative estimate of drug-likeness (QED) is 0.146. The lowest BCUT2D eigenvalue weighted by molar-refractivity contribution is -0.384. The average molecular weight is 493 g/mol. The van der Waals surface area contributed by atoms with E-state index in [-0.39, 0.29) is 34.3 Å². The van der Waals surface area contributed by atoms with E-state index in [2.05, 4.69) is 4.99 Å². The minimum Gasteiger partial charge on any atom is -0.490 e. The topological polar surface area (TPSA) is 117 Å². The van der Waals surface area contributed by atoms with Gasteiger partial charge in [-0.1, -0.05) is 29.8 Å². The van der Waals surface area contributed by atoms with Gasteiger partial charge in [0.15, 0.2) is 17.2 Å². The molecule has 0 fully saturated rings. The minimum atomic E-state index is -0.708. The number of rotatable bonds is 7. The van der Waals surface area contributed by atoms with Crippen molar-refractivity contribution < 1.29 is 28.7 Å². The van der Waals surface area contributed by atoms with Crippen LogP contribution in [0, 0.1) is 10.1 Å². The van der Waals surface area contributed by atoms with Gasteiger partial charge in [-0.15, -0.1) is 0 Å². The Morgan fingerprint density at radius 3 is 2.54 bits per heavy atom. The van der Waals surface area contributed by atoms with Crippen LogP contribution in [0.15, 0.2) is 77.4 Å². The molecule has 176 valence electrons. The van der Waals surface area contributed by atoms with Crippen molar-refractivity contribution in [3.05, 3.63) is 104 Å². The third kappa shape index (κ3) is 5.36. The molecular formula is C25H17ClN2O7. The lowest BCUT2D eigenvalue weighted by atomic mass is 10.1. The summed E-state index contributed by atoms with van der Waals surface area (Å²) in [7, 11) is 0. The molecule has 0 aliphatic carbocycles. The number of carbonyl (C=O) groups excluding carboxylic acids is 2. The summed E-state index contributed by atoms with van der Waals surface area (Å²) in [6, 6.07) is 16.6. The van der Waals surface area contributed by atoms with E-state index < -0.39 is 16.9 Å². The minimum absolute atomic E-state index is 0.0676. The molecule has 1 aliphatic heterocycles. The number of nitro groups is 1. The maximum absolute atomic E-state index is 12.5. The SMILES string of the molecule is CCOc1cc(/C=C2\N=C(c3ccccc3Cl)OC2=O)ccc1OC(=O)c1ccc([N+](=O)[O-])cc1. The van der Waals surface area contributed by atoms with Crippen LogP contribution in [0.4, 0.5) is 5.69 Å². The Morgan fingerprint density at radius 1 is 1.11 bits per heavy atom. The Kier molecular flexibility index (Phi) is 6.88. The third-order valence-corrected chi connectivity index (χ3v) is 5.14. The molecule has 35 heavy (non-hydrogen) atoms. The average Bonchev–Trinajstić information content (AvgIpc) is 3.20. The number of ether oxygens (including phenoxy) is 3. The Hall–Kier alpha value is -4.50. The molecule has 3 aromatic carbocycles. The van der Waals surface area contributed by atoms with Gasteiger partial charge in [-0.25, -0.2) is 14.6 Å². The normalized spacial score (nSPS) is 13.8. The van der Waals surface area contributed by atoms with Crippen molar-refractivity contribution in [1.29, 1.82) is 0 Å². The molecular weight excluding hydrogens is 476 g/mol. The van der Waals surface area contributed by atoms with Crippen molar-refractivity contribution in [1.82, 2.24) is 0 Å². The smallest absolute Gasteiger partial charge is 0.363 e. The molecule has 0 spiro atoms. The molecule has 0 aromatic heterocycles. The molecule has 0 unspecified atom stereocenters. The van der Waals surface area contributed by atoms with Crippen molar-refractivity contribution in [2.24, 2.45) is 4.99 Å². The highest BCUT2D eigenvalue weighted by atomic mass is 35.5. The number of hydrogen-bond donors (Lipinski definition) is 0. The summed E-state index contributed by atoms with van der Waals surface area (Å²) >= 11 is 6.16. The van der Waals surface area contributed by atoms with Crippen LogP contribution in [0.5, 0.6) is 11.5 Å². The monoisotopic (exact) mass is 492 g/mol. The van der Waals surface area contributed by atoms with Crippen molar-refractivity contribution in [2.75, 3.05) is 6.61 Å². The van der Waals surface area contributed by atoms with Crippen molar-refractivity contribution >= 4 is 41.2 Å². The first kappa shape index (κ1) is 23.7. The van der Waals surface area contributed by atoms with E-state index in [0.29, 0.717) is 22.8 Å². The van der Waals surface area contributed by atoms with Gasteiger partial charge in [-0.2, -0.15) is 0 Å². The molecule has 3 aromatic rings. The lowest BCUT2D eigenvalue weighted by Crippen LogP contribution is -2.10. The van der Waals surface area contributed by atoms with E-state index in [1.807, 2.05) is 0 Å². The molecule has 0 amide bonds. The fourth-order valence-corrected chi connectivity index (χ4v) is 3.38. The summed E-state index contributed by atoms with van der Waals surface area (Å²) in [5, 5.41) is 11.2. The van der Waals surface area contributed by atoms with Gasteiger partial charge in [-0.3, -0.25) is 10.1 Å². The van der Waals surface area contributed by atoms with E-state index in [0.717, 1.165) is 0 Å². The van der Waals surface area contributed by atoms with Crippen LogP contribution in [0.1, 0.15) is 28.4 Å². The van der Waals surface area contributed by atoms with Crippen LogP contribution >= 0.6 is 11.6 Å². The Labute approximate surface area is 204 Å². The number of nitrogens with zero attached hydrogens (tertiary/aromatic N) is 2. The summed E-state index contributed by atoms with van der Waals surface area (Å²) < 4.78 is 16.3. The van der Waals surface area contributed by atoms with Gasteiger partial charge in [0.05, 0.1) is 27.7 Å². The molecule has 9 nitrogen and oxygen atoms in total. The maximum atomic E-state index is 12.5. The zero-order valence-electron chi connectivity index (χ0n) is 18.3. The van der Waals surface area contributed by atoms with Gasteiger partial charge < -0.3 is 14.2 Å². The molecule has 1 aliphatic rings. The van der Waals surface area contributed by atoms with Crippen LogP contribution in [0.25, 0.3) is 6.08 Å². The van der Waals surface area contributed by atoms with Crippen LogP contribution in [0.3, 0.4) is 0 Å². The van der Waals surface area contributed by atoms with Crippen molar-refractivity contribution in [3.8, 4) is 11.5 Å². The first-order valence-corrected chi connectivity index (χ1v) is 10.7. The first-order chi connectivity index (χ1) is 16.9. The second-order valence-electron chi connectivity index (χ2n) is 7.15. The highest BCUT2D eigenvalue weighted by Gasteiger charge is 2.25. The number of nitro benzene ring substituents is 1. The van der Waals surface area contributed by atoms with Gasteiger partial charge >= 0.3 is 11.9 Å². The summed E-state index contributed by atoms with van der Waals surface area (Å²) in [6.07, 6.45) is 1.51. The molecule has 0 saturated carbocycles. The van der Waals surface area contributed by atoms with Gasteiger partial charge in [0, 0.05) is 12.1 Å². The number of hydrogen-bond acceptors (Lipinski definition) is 8. The number of halogens is 1. The standard InChI is InChI=1S/C25H17ClN2O7/c1-2-33-22-14-15(13-20-25(30)35-23(27-20)18-5-3-4-6-19(18)26)7-12-21(22)34-24(29)16-8-10-17(11-9-16)28(31)32/h3-14H,2H2,1H3/b20-13-. The highest BCUT2D eigenvalue weighted by molar-refractivity contribution is 6.34. The summed E-state index contributed by atoms with van der Waals surface area (Å²) in [5.41, 5.74) is 1.12. The summed E-state index contributed by atoms with van der Waals surface area (Å²) in [6.45, 7) is 2.06. The second-order valence-corrected chi connectivity index (χ2v) is 7.56. The largest absolute Gasteiger partial charge is 0.490 e. The number of benzene rings is 3. The number of cyclic esters (lactones) is 1. The summed E-state index contributed by atoms with van der Waals surface area (Å²) in [5.74, 6) is -0.831. The number of aliphatic imine (C=N–C) groups is 1. The molecule has 0 saturated heterocycles. The molecule has 4 rings (SSSR count). The fourth-order valence-electron chi connectivity index (χ4n) is 3.16. The van der Waals surface area contributed by atoms with Gasteiger partial charge in [0.25, 0.3) is 5.69 Å². The van der Waals surface area contributed by atoms with E-state index >= 15 is 0 Å². The highest BCUT2D eigenvalue weighted by Crippen LogP contribution is 2.31. The predicted octanol–water partition coefficient (Wildman–Crippen LogP) is 5.21. The summed E-state index contributed by atoms with van der Waals surface area (Å²) in [4.78, 5) is 39.3. The Morgan fingerprint density at radius 2 is 1.86 bits per heavy atom. The van der Waals surface area contributed by atoms with E-state index in [4.69, 9.17) is 25.8 Å². The predicted molar refractivity (Wildman–Crippen MR) is 128 cm³/mol. The van der Waals surface area contributed by atoms with Gasteiger partial charge in [0.2, 0.25) is 5.90 Å². The molecule has 0 radical (unpaired) electrons. The van der Waals surface area contributed by atoms with E-state index in [9.17, 15) is 19.7 Å². The molecule has 10 heteroatoms. The first-order valence-electron chi connectivity index (χ1n) is 10.4. The molecule has 0 atom stereocenters. The number of esters is 2. The lowest BCUT2D eigenvalue weighted by Gasteiger charge is -2.11. The maximum Gasteiger partial charge on any atom is 0.363 e. The number of carbonyl (C=O) groups is 2.